The Morgan fingerprint density at radius 3 is 2.80 bits per heavy atom. The number of aliphatic hydroxyl groups is 1. The highest BCUT2D eigenvalue weighted by Crippen LogP contribution is 2.04. The normalized spacial score (nSPS) is 9.90. The van der Waals surface area contributed by atoms with E-state index in [1.807, 2.05) is 0 Å². The molecule has 0 aliphatic heterocycles. The fraction of sp³-hybridized carbons (Fsp3) is 0.286. The number of hydrogen-bond acceptors (Lipinski definition) is 2. The van der Waals surface area contributed by atoms with Crippen LogP contribution < -0.4 is 0 Å². The molecule has 0 aliphatic rings. The molecule has 0 unspecified atom stereocenters. The Morgan fingerprint density at radius 1 is 1.60 bits per heavy atom. The van der Waals surface area contributed by atoms with Crippen molar-refractivity contribution in [2.75, 3.05) is 0 Å². The van der Waals surface area contributed by atoms with Crippen LogP contribution in [-0.4, -0.2) is 10.1 Å². The number of aliphatic hydroxyl groups excluding tert-OH is 1. The van der Waals surface area contributed by atoms with Gasteiger partial charge in [-0.3, -0.25) is 0 Å². The Labute approximate surface area is 58.3 Å². The monoisotopic (exact) mass is 141 g/mol. The fourth-order valence-corrected chi connectivity index (χ4v) is 0.726. The van der Waals surface area contributed by atoms with Crippen LogP contribution in [0.3, 0.4) is 0 Å². The lowest BCUT2D eigenvalue weighted by atomic mass is 10.2. The minimum atomic E-state index is -0.505. The zero-order valence-corrected chi connectivity index (χ0v) is 5.63. The Balaban J connectivity index is 3.07. The van der Waals surface area contributed by atoms with Crippen LogP contribution in [0, 0.1) is 12.9 Å². The predicted octanol–water partition coefficient (Wildman–Crippen LogP) is 1.02. The number of rotatable bonds is 1. The topological polar surface area (TPSA) is 33.1 Å². The van der Waals surface area contributed by atoms with Crippen molar-refractivity contribution >= 4 is 0 Å². The van der Waals surface area contributed by atoms with Crippen LogP contribution in [0.1, 0.15) is 11.3 Å². The van der Waals surface area contributed by atoms with E-state index in [-0.39, 0.29) is 6.61 Å². The average molecular weight is 141 g/mol. The largest absolute Gasteiger partial charge is 0.392 e. The van der Waals surface area contributed by atoms with Crippen molar-refractivity contribution in [2.45, 2.75) is 13.5 Å². The fourth-order valence-electron chi connectivity index (χ4n) is 0.726. The van der Waals surface area contributed by atoms with Gasteiger partial charge in [-0.25, -0.2) is 4.98 Å². The standard InChI is InChI=1S/C7H8FNO/c1-5-6(4-10)2-3-7(8)9-5/h2-3,10H,4H2,1H3. The summed E-state index contributed by atoms with van der Waals surface area (Å²) in [4.78, 5) is 3.52. The van der Waals surface area contributed by atoms with E-state index >= 15 is 0 Å². The molecule has 0 bridgehead atoms. The molecule has 10 heavy (non-hydrogen) atoms. The molecule has 1 heterocycles. The highest BCUT2D eigenvalue weighted by atomic mass is 19.1. The van der Waals surface area contributed by atoms with Crippen LogP contribution >= 0.6 is 0 Å². The molecule has 0 amide bonds. The smallest absolute Gasteiger partial charge is 0.213 e. The van der Waals surface area contributed by atoms with Crippen molar-refractivity contribution in [1.82, 2.24) is 4.98 Å². The first-order valence-corrected chi connectivity index (χ1v) is 2.97. The maximum Gasteiger partial charge on any atom is 0.213 e. The quantitative estimate of drug-likeness (QED) is 0.592. The van der Waals surface area contributed by atoms with Crippen LogP contribution in [0.5, 0.6) is 0 Å². The molecule has 0 radical (unpaired) electrons. The van der Waals surface area contributed by atoms with E-state index in [0.29, 0.717) is 11.3 Å². The number of nitrogens with zero attached hydrogens (tertiary/aromatic N) is 1. The van der Waals surface area contributed by atoms with Crippen LogP contribution in [-0.2, 0) is 6.61 Å². The molecule has 1 rings (SSSR count). The second-order valence-corrected chi connectivity index (χ2v) is 2.04. The molecular weight excluding hydrogens is 133 g/mol. The van der Waals surface area contributed by atoms with Crippen molar-refractivity contribution in [3.8, 4) is 0 Å². The molecule has 0 aliphatic carbocycles. The van der Waals surface area contributed by atoms with E-state index in [2.05, 4.69) is 4.98 Å². The van der Waals surface area contributed by atoms with Crippen molar-refractivity contribution in [1.29, 1.82) is 0 Å². The van der Waals surface area contributed by atoms with Gasteiger partial charge in [0.25, 0.3) is 0 Å². The van der Waals surface area contributed by atoms with Crippen molar-refractivity contribution in [3.05, 3.63) is 29.3 Å². The van der Waals surface area contributed by atoms with Crippen molar-refractivity contribution in [2.24, 2.45) is 0 Å². The summed E-state index contributed by atoms with van der Waals surface area (Å²) < 4.78 is 12.3. The van der Waals surface area contributed by atoms with Crippen molar-refractivity contribution < 1.29 is 9.50 Å². The number of aromatic nitrogens is 1. The lowest BCUT2D eigenvalue weighted by Crippen LogP contribution is -1.93. The predicted molar refractivity (Wildman–Crippen MR) is 34.9 cm³/mol. The van der Waals surface area contributed by atoms with Gasteiger partial charge in [-0.05, 0) is 18.6 Å². The second kappa shape index (κ2) is 2.75. The van der Waals surface area contributed by atoms with Crippen LogP contribution in [0.25, 0.3) is 0 Å². The van der Waals surface area contributed by atoms with E-state index in [0.717, 1.165) is 0 Å². The highest BCUT2D eigenvalue weighted by molar-refractivity contribution is 5.17. The second-order valence-electron chi connectivity index (χ2n) is 2.04. The third kappa shape index (κ3) is 1.30. The van der Waals surface area contributed by atoms with Gasteiger partial charge in [-0.15, -0.1) is 0 Å². The van der Waals surface area contributed by atoms with Crippen LogP contribution in [0.4, 0.5) is 4.39 Å². The van der Waals surface area contributed by atoms with Gasteiger partial charge in [0.1, 0.15) is 0 Å². The molecule has 0 spiro atoms. The molecule has 0 atom stereocenters. The zero-order valence-electron chi connectivity index (χ0n) is 5.63. The zero-order chi connectivity index (χ0) is 7.56. The molecule has 2 nitrogen and oxygen atoms in total. The molecule has 1 aromatic rings. The molecule has 3 heteroatoms. The van der Waals surface area contributed by atoms with Gasteiger partial charge in [0.15, 0.2) is 0 Å². The summed E-state index contributed by atoms with van der Waals surface area (Å²) in [7, 11) is 0. The Kier molecular flexibility index (Phi) is 1.97. The molecule has 0 fully saturated rings. The lowest BCUT2D eigenvalue weighted by Gasteiger charge is -1.98. The SMILES string of the molecule is Cc1nc(F)ccc1CO. The van der Waals surface area contributed by atoms with E-state index in [9.17, 15) is 4.39 Å². The maximum absolute atomic E-state index is 12.3. The number of halogens is 1. The first-order valence-electron chi connectivity index (χ1n) is 2.97. The van der Waals surface area contributed by atoms with Gasteiger partial charge >= 0.3 is 0 Å². The van der Waals surface area contributed by atoms with E-state index in [1.165, 1.54) is 12.1 Å². The summed E-state index contributed by atoms with van der Waals surface area (Å²) in [6.07, 6.45) is 0. The van der Waals surface area contributed by atoms with Crippen LogP contribution in [0.15, 0.2) is 12.1 Å². The average Bonchev–Trinajstić information content (AvgIpc) is 1.88. The third-order valence-electron chi connectivity index (χ3n) is 1.33. The highest BCUT2D eigenvalue weighted by Gasteiger charge is 1.97. The summed E-state index contributed by atoms with van der Waals surface area (Å²) in [5, 5.41) is 8.65. The summed E-state index contributed by atoms with van der Waals surface area (Å²) in [5.74, 6) is -0.505. The van der Waals surface area contributed by atoms with E-state index < -0.39 is 5.95 Å². The molecular formula is C7H8FNO. The summed E-state index contributed by atoms with van der Waals surface area (Å²) >= 11 is 0. The maximum atomic E-state index is 12.3. The molecule has 0 saturated carbocycles. The minimum absolute atomic E-state index is 0.0842. The van der Waals surface area contributed by atoms with Crippen LogP contribution in [0.2, 0.25) is 0 Å². The summed E-state index contributed by atoms with van der Waals surface area (Å²) in [5.41, 5.74) is 1.21. The van der Waals surface area contributed by atoms with Crippen molar-refractivity contribution in [3.63, 3.8) is 0 Å². The number of hydrogen-bond donors (Lipinski definition) is 1. The van der Waals surface area contributed by atoms with Gasteiger partial charge in [0, 0.05) is 5.69 Å². The lowest BCUT2D eigenvalue weighted by molar-refractivity contribution is 0.280. The molecule has 0 saturated heterocycles. The van der Waals surface area contributed by atoms with Gasteiger partial charge in [-0.1, -0.05) is 6.07 Å². The first-order chi connectivity index (χ1) is 4.74. The van der Waals surface area contributed by atoms with E-state index in [4.69, 9.17) is 5.11 Å². The summed E-state index contributed by atoms with van der Waals surface area (Å²) in [6.45, 7) is 1.58. The summed E-state index contributed by atoms with van der Waals surface area (Å²) in [6, 6.07) is 2.76. The molecule has 1 N–H and O–H groups in total. The third-order valence-corrected chi connectivity index (χ3v) is 1.33. The number of pyridine rings is 1. The Bertz CT molecular complexity index is 237. The van der Waals surface area contributed by atoms with E-state index in [1.54, 1.807) is 6.92 Å². The molecule has 54 valence electrons. The minimum Gasteiger partial charge on any atom is -0.392 e. The first kappa shape index (κ1) is 7.15. The van der Waals surface area contributed by atoms with Gasteiger partial charge < -0.3 is 5.11 Å². The molecule has 1 aromatic heterocycles. The van der Waals surface area contributed by atoms with Gasteiger partial charge in [-0.2, -0.15) is 4.39 Å². The Morgan fingerprint density at radius 2 is 2.30 bits per heavy atom. The molecule has 0 aromatic carbocycles. The Hall–Kier alpha value is -0.960. The number of aryl methyl sites for hydroxylation is 1. The van der Waals surface area contributed by atoms with Gasteiger partial charge in [0.05, 0.1) is 6.61 Å². The van der Waals surface area contributed by atoms with Gasteiger partial charge in [0.2, 0.25) is 5.95 Å².